The quantitative estimate of drug-likeness (QED) is 0.356. The molecule has 2 heterocycles. The van der Waals surface area contributed by atoms with Crippen molar-refractivity contribution in [1.29, 1.82) is 0 Å². The molecule has 1 fully saturated rings. The van der Waals surface area contributed by atoms with E-state index in [1.165, 1.54) is 12.1 Å². The topological polar surface area (TPSA) is 40.6 Å². The Labute approximate surface area is 183 Å². The molecule has 0 unspecified atom stereocenters. The fourth-order valence-electron chi connectivity index (χ4n) is 3.44. The summed E-state index contributed by atoms with van der Waals surface area (Å²) in [6, 6.07) is 5.94. The molecule has 1 atom stereocenters. The molecule has 1 N–H and O–H groups in total. The van der Waals surface area contributed by atoms with Crippen LogP contribution in [0.1, 0.15) is 6.42 Å². The molecule has 158 valence electrons. The van der Waals surface area contributed by atoms with Crippen molar-refractivity contribution in [3.63, 3.8) is 0 Å². The second kappa shape index (κ2) is 9.22. The molecule has 0 aliphatic carbocycles. The highest BCUT2D eigenvalue weighted by molar-refractivity contribution is 8.00. The van der Waals surface area contributed by atoms with E-state index >= 15 is 4.39 Å². The number of hydrogen-bond acceptors (Lipinski definition) is 6. The van der Waals surface area contributed by atoms with Gasteiger partial charge in [-0.15, -0.1) is 0 Å². The highest BCUT2D eigenvalue weighted by Crippen LogP contribution is 2.42. The monoisotopic (exact) mass is 462 g/mol. The maximum atomic E-state index is 15.0. The SMILES string of the molecule is CO[C@@]1(CN(C)C)CCN(c2cc(Cl)c(SNc3cccc(F)n3)c(F)c2Cl)C1. The van der Waals surface area contributed by atoms with Gasteiger partial charge in [-0.1, -0.05) is 29.3 Å². The Morgan fingerprint density at radius 3 is 2.76 bits per heavy atom. The second-order valence-electron chi connectivity index (χ2n) is 7.18. The summed E-state index contributed by atoms with van der Waals surface area (Å²) < 4.78 is 36.8. The van der Waals surface area contributed by atoms with Crippen LogP contribution < -0.4 is 9.62 Å². The maximum Gasteiger partial charge on any atom is 0.214 e. The number of benzene rings is 1. The van der Waals surface area contributed by atoms with E-state index in [1.54, 1.807) is 19.2 Å². The van der Waals surface area contributed by atoms with Crippen LogP contribution >= 0.6 is 35.1 Å². The van der Waals surface area contributed by atoms with E-state index in [4.69, 9.17) is 27.9 Å². The summed E-state index contributed by atoms with van der Waals surface area (Å²) in [5.41, 5.74) is 0.174. The van der Waals surface area contributed by atoms with Gasteiger partial charge in [-0.05, 0) is 50.7 Å². The van der Waals surface area contributed by atoms with Crippen LogP contribution in [-0.4, -0.2) is 56.3 Å². The van der Waals surface area contributed by atoms with Gasteiger partial charge in [0.2, 0.25) is 5.95 Å². The molecule has 1 aliphatic heterocycles. The Kier molecular flexibility index (Phi) is 7.11. The number of pyridine rings is 1. The largest absolute Gasteiger partial charge is 0.375 e. The summed E-state index contributed by atoms with van der Waals surface area (Å²) in [5.74, 6) is -1.02. The zero-order valence-corrected chi connectivity index (χ0v) is 18.6. The smallest absolute Gasteiger partial charge is 0.214 e. The zero-order valence-electron chi connectivity index (χ0n) is 16.3. The lowest BCUT2D eigenvalue weighted by Crippen LogP contribution is -2.44. The molecule has 1 aromatic carbocycles. The number of nitrogens with one attached hydrogen (secondary N) is 1. The number of halogens is 4. The molecule has 1 aromatic heterocycles. The first-order valence-corrected chi connectivity index (χ1v) is 10.5. The number of anilines is 2. The number of rotatable bonds is 7. The Balaban J connectivity index is 1.80. The van der Waals surface area contributed by atoms with Crippen molar-refractivity contribution in [3.8, 4) is 0 Å². The van der Waals surface area contributed by atoms with Crippen LogP contribution in [-0.2, 0) is 4.74 Å². The van der Waals surface area contributed by atoms with Crippen molar-refractivity contribution in [1.82, 2.24) is 9.88 Å². The normalized spacial score (nSPS) is 19.2. The molecule has 1 saturated heterocycles. The van der Waals surface area contributed by atoms with Crippen LogP contribution in [0, 0.1) is 11.8 Å². The molecule has 5 nitrogen and oxygen atoms in total. The number of methoxy groups -OCH3 is 1. The van der Waals surface area contributed by atoms with E-state index in [2.05, 4.69) is 14.6 Å². The minimum absolute atomic E-state index is 0.0114. The average Bonchev–Trinajstić information content (AvgIpc) is 3.08. The Hall–Kier alpha value is -1.32. The van der Waals surface area contributed by atoms with Gasteiger partial charge in [-0.2, -0.15) is 4.39 Å². The van der Waals surface area contributed by atoms with Gasteiger partial charge < -0.3 is 19.3 Å². The summed E-state index contributed by atoms with van der Waals surface area (Å²) in [6.07, 6.45) is 0.792. The molecule has 2 aromatic rings. The van der Waals surface area contributed by atoms with E-state index in [1.807, 2.05) is 19.0 Å². The van der Waals surface area contributed by atoms with Crippen molar-refractivity contribution in [3.05, 3.63) is 46.1 Å². The Morgan fingerprint density at radius 2 is 2.10 bits per heavy atom. The molecular formula is C19H22Cl2F2N4OS. The van der Waals surface area contributed by atoms with Gasteiger partial charge in [0.25, 0.3) is 0 Å². The van der Waals surface area contributed by atoms with Crippen LogP contribution in [0.3, 0.4) is 0 Å². The highest BCUT2D eigenvalue weighted by Gasteiger charge is 2.40. The third-order valence-electron chi connectivity index (χ3n) is 4.76. The van der Waals surface area contributed by atoms with Crippen molar-refractivity contribution in [2.24, 2.45) is 0 Å². The number of nitrogens with zero attached hydrogens (tertiary/aromatic N) is 3. The maximum absolute atomic E-state index is 15.0. The predicted octanol–water partition coefficient (Wildman–Crippen LogP) is 4.94. The van der Waals surface area contributed by atoms with E-state index in [0.717, 1.165) is 24.9 Å². The minimum atomic E-state index is -0.635. The van der Waals surface area contributed by atoms with Crippen molar-refractivity contribution in [2.45, 2.75) is 16.9 Å². The van der Waals surface area contributed by atoms with E-state index in [0.29, 0.717) is 18.8 Å². The molecule has 1 aliphatic rings. The van der Waals surface area contributed by atoms with Gasteiger partial charge in [0.15, 0.2) is 5.82 Å². The Bertz CT molecular complexity index is 890. The molecule has 0 bridgehead atoms. The van der Waals surface area contributed by atoms with Crippen LogP contribution in [0.15, 0.2) is 29.2 Å². The minimum Gasteiger partial charge on any atom is -0.375 e. The zero-order chi connectivity index (χ0) is 21.2. The van der Waals surface area contributed by atoms with E-state index in [9.17, 15) is 4.39 Å². The second-order valence-corrected chi connectivity index (χ2v) is 8.78. The fraction of sp³-hybridized carbons (Fsp3) is 0.421. The fourth-order valence-corrected chi connectivity index (χ4v) is 4.74. The third kappa shape index (κ3) is 5.06. The lowest BCUT2D eigenvalue weighted by atomic mass is 10.0. The van der Waals surface area contributed by atoms with Gasteiger partial charge >= 0.3 is 0 Å². The first-order chi connectivity index (χ1) is 13.7. The van der Waals surface area contributed by atoms with Crippen molar-refractivity contribution < 1.29 is 13.5 Å². The van der Waals surface area contributed by atoms with Gasteiger partial charge in [0.05, 0.1) is 21.2 Å². The lowest BCUT2D eigenvalue weighted by molar-refractivity contribution is -0.0100. The third-order valence-corrected chi connectivity index (χ3v) is 6.45. The molecule has 0 amide bonds. The summed E-state index contributed by atoms with van der Waals surface area (Å²) in [7, 11) is 5.66. The van der Waals surface area contributed by atoms with Crippen LogP contribution in [0.25, 0.3) is 0 Å². The molecule has 0 saturated carbocycles. The first-order valence-electron chi connectivity index (χ1n) is 8.92. The van der Waals surface area contributed by atoms with Gasteiger partial charge in [-0.3, -0.25) is 0 Å². The summed E-state index contributed by atoms with van der Waals surface area (Å²) in [6.45, 7) is 2.00. The van der Waals surface area contributed by atoms with E-state index < -0.39 is 11.8 Å². The van der Waals surface area contributed by atoms with Crippen LogP contribution in [0.4, 0.5) is 20.3 Å². The summed E-state index contributed by atoms with van der Waals surface area (Å²) >= 11 is 13.6. The molecular weight excluding hydrogens is 441 g/mol. The van der Waals surface area contributed by atoms with Crippen molar-refractivity contribution >= 4 is 46.7 Å². The van der Waals surface area contributed by atoms with Crippen LogP contribution in [0.2, 0.25) is 10.0 Å². The standard InChI is InChI=1S/C19H22Cl2F2N4OS/c1-26(2)10-19(28-3)7-8-27(11-19)13-9-12(20)18(17(23)16(13)21)29-25-15-6-4-5-14(22)24-15/h4-6,9H,7-8,10-11H2,1-3H3,(H,24,25)/t19-/m1/s1. The molecule has 3 rings (SSSR count). The molecule has 0 radical (unpaired) electrons. The number of hydrogen-bond donors (Lipinski definition) is 1. The first kappa shape index (κ1) is 22.4. The summed E-state index contributed by atoms with van der Waals surface area (Å²) in [4.78, 5) is 7.85. The van der Waals surface area contributed by atoms with Gasteiger partial charge in [-0.25, -0.2) is 9.37 Å². The predicted molar refractivity (Wildman–Crippen MR) is 115 cm³/mol. The van der Waals surface area contributed by atoms with Crippen molar-refractivity contribution in [2.75, 3.05) is 50.5 Å². The number of aromatic nitrogens is 1. The summed E-state index contributed by atoms with van der Waals surface area (Å²) in [5, 5.41) is 0.195. The lowest BCUT2D eigenvalue weighted by Gasteiger charge is -2.31. The molecule has 0 spiro atoms. The molecule has 10 heteroatoms. The van der Waals surface area contributed by atoms with E-state index in [-0.39, 0.29) is 26.4 Å². The Morgan fingerprint density at radius 1 is 1.34 bits per heavy atom. The molecule has 29 heavy (non-hydrogen) atoms. The highest BCUT2D eigenvalue weighted by atomic mass is 35.5. The van der Waals surface area contributed by atoms with Crippen LogP contribution in [0.5, 0.6) is 0 Å². The van der Waals surface area contributed by atoms with Gasteiger partial charge in [0.1, 0.15) is 10.8 Å². The average molecular weight is 463 g/mol. The number of likely N-dealkylation sites (N-methyl/N-ethyl adjacent to an activating group) is 1. The van der Waals surface area contributed by atoms with Gasteiger partial charge in [0, 0.05) is 26.7 Å². The number of ether oxygens (including phenoxy) is 1.